The van der Waals surface area contributed by atoms with Crippen molar-refractivity contribution in [2.24, 2.45) is 0 Å². The summed E-state index contributed by atoms with van der Waals surface area (Å²) in [6.07, 6.45) is 3.43. The highest BCUT2D eigenvalue weighted by Crippen LogP contribution is 2.32. The molecular formula is C21H18FN5O. The normalized spacial score (nSPS) is 10.8. The summed E-state index contributed by atoms with van der Waals surface area (Å²) in [5.74, 6) is 0.748. The Morgan fingerprint density at radius 2 is 1.93 bits per heavy atom. The fourth-order valence-electron chi connectivity index (χ4n) is 2.91. The highest BCUT2D eigenvalue weighted by atomic mass is 19.1. The third-order valence-electron chi connectivity index (χ3n) is 4.28. The van der Waals surface area contributed by atoms with Crippen LogP contribution in [0, 0.1) is 19.7 Å². The average molecular weight is 375 g/mol. The number of hydrogen-bond acceptors (Lipinski definition) is 6. The first-order chi connectivity index (χ1) is 13.6. The van der Waals surface area contributed by atoms with E-state index in [1.807, 2.05) is 38.1 Å². The Labute approximate surface area is 161 Å². The topological polar surface area (TPSA) is 76.7 Å². The van der Waals surface area contributed by atoms with E-state index in [1.54, 1.807) is 18.5 Å². The van der Waals surface area contributed by atoms with Crippen molar-refractivity contribution < 1.29 is 8.91 Å². The zero-order chi connectivity index (χ0) is 19.5. The van der Waals surface area contributed by atoms with Crippen molar-refractivity contribution in [3.8, 4) is 22.6 Å². The molecule has 1 aromatic carbocycles. The molecule has 0 spiro atoms. The minimum atomic E-state index is -0.275. The minimum absolute atomic E-state index is 0.275. The number of halogens is 1. The predicted molar refractivity (Wildman–Crippen MR) is 104 cm³/mol. The molecule has 7 heteroatoms. The lowest BCUT2D eigenvalue weighted by Gasteiger charge is -2.11. The summed E-state index contributed by atoms with van der Waals surface area (Å²) in [5.41, 5.74) is 4.72. The molecule has 0 amide bonds. The molecule has 0 bridgehead atoms. The van der Waals surface area contributed by atoms with Crippen LogP contribution in [-0.2, 0) is 6.54 Å². The molecule has 0 aliphatic carbocycles. The van der Waals surface area contributed by atoms with Gasteiger partial charge in [-0.15, -0.1) is 0 Å². The van der Waals surface area contributed by atoms with Crippen LogP contribution in [0.5, 0.6) is 0 Å². The molecule has 0 saturated heterocycles. The molecule has 3 aromatic heterocycles. The number of nitrogens with one attached hydrogen (secondary N) is 1. The quantitative estimate of drug-likeness (QED) is 0.551. The molecule has 4 aromatic rings. The third kappa shape index (κ3) is 3.73. The van der Waals surface area contributed by atoms with E-state index in [1.165, 1.54) is 12.1 Å². The van der Waals surface area contributed by atoms with Crippen molar-refractivity contribution in [2.45, 2.75) is 20.4 Å². The molecule has 0 aliphatic heterocycles. The van der Waals surface area contributed by atoms with Crippen LogP contribution in [-0.4, -0.2) is 20.1 Å². The minimum Gasteiger partial charge on any atom is -0.356 e. The summed E-state index contributed by atoms with van der Waals surface area (Å²) in [6, 6.07) is 12.1. The number of aromatic nitrogens is 4. The van der Waals surface area contributed by atoms with Gasteiger partial charge in [-0.25, -0.2) is 14.4 Å². The van der Waals surface area contributed by atoms with Crippen LogP contribution in [0.4, 0.5) is 10.3 Å². The Balaban J connectivity index is 1.72. The van der Waals surface area contributed by atoms with Crippen LogP contribution in [0.25, 0.3) is 22.6 Å². The first-order valence-corrected chi connectivity index (χ1v) is 8.81. The van der Waals surface area contributed by atoms with Crippen LogP contribution in [0.3, 0.4) is 0 Å². The van der Waals surface area contributed by atoms with E-state index in [0.29, 0.717) is 23.9 Å². The molecule has 0 atom stereocenters. The lowest BCUT2D eigenvalue weighted by Crippen LogP contribution is -2.05. The monoisotopic (exact) mass is 375 g/mol. The molecular weight excluding hydrogens is 357 g/mol. The Morgan fingerprint density at radius 3 is 2.68 bits per heavy atom. The van der Waals surface area contributed by atoms with Gasteiger partial charge in [-0.3, -0.25) is 4.98 Å². The second-order valence-corrected chi connectivity index (χ2v) is 6.41. The number of anilines is 1. The van der Waals surface area contributed by atoms with E-state index in [9.17, 15) is 4.39 Å². The van der Waals surface area contributed by atoms with Gasteiger partial charge in [0.1, 0.15) is 5.82 Å². The molecule has 6 nitrogen and oxygen atoms in total. The zero-order valence-corrected chi connectivity index (χ0v) is 15.5. The van der Waals surface area contributed by atoms with E-state index in [4.69, 9.17) is 4.52 Å². The van der Waals surface area contributed by atoms with Crippen LogP contribution >= 0.6 is 0 Å². The van der Waals surface area contributed by atoms with Crippen LogP contribution in [0.15, 0.2) is 59.4 Å². The van der Waals surface area contributed by atoms with Crippen molar-refractivity contribution >= 4 is 5.95 Å². The number of benzene rings is 1. The number of nitrogens with zero attached hydrogens (tertiary/aromatic N) is 4. The molecule has 140 valence electrons. The van der Waals surface area contributed by atoms with E-state index in [-0.39, 0.29) is 5.82 Å². The largest absolute Gasteiger partial charge is 0.356 e. The van der Waals surface area contributed by atoms with Crippen LogP contribution < -0.4 is 5.32 Å². The average Bonchev–Trinajstić information content (AvgIpc) is 3.13. The van der Waals surface area contributed by atoms with E-state index in [2.05, 4.69) is 25.4 Å². The summed E-state index contributed by atoms with van der Waals surface area (Å²) in [5, 5.41) is 7.11. The SMILES string of the molecule is Cc1cc(-c2cnc(NCc3cccc(F)c3)nc2-c2cccnc2C)on1. The van der Waals surface area contributed by atoms with Gasteiger partial charge < -0.3 is 9.84 Å². The highest BCUT2D eigenvalue weighted by Gasteiger charge is 2.17. The molecule has 28 heavy (non-hydrogen) atoms. The molecule has 0 aliphatic rings. The van der Waals surface area contributed by atoms with Gasteiger partial charge in [0.15, 0.2) is 5.76 Å². The molecule has 0 fully saturated rings. The van der Waals surface area contributed by atoms with Crippen molar-refractivity contribution in [3.05, 3.63) is 77.6 Å². The van der Waals surface area contributed by atoms with E-state index < -0.39 is 0 Å². The molecule has 0 radical (unpaired) electrons. The number of pyridine rings is 1. The summed E-state index contributed by atoms with van der Waals surface area (Å²) in [4.78, 5) is 13.4. The first-order valence-electron chi connectivity index (χ1n) is 8.81. The molecule has 0 unspecified atom stereocenters. The number of hydrogen-bond donors (Lipinski definition) is 1. The maximum absolute atomic E-state index is 13.4. The van der Waals surface area contributed by atoms with Crippen LogP contribution in [0.2, 0.25) is 0 Å². The summed E-state index contributed by atoms with van der Waals surface area (Å²) in [7, 11) is 0. The lowest BCUT2D eigenvalue weighted by atomic mass is 10.0. The van der Waals surface area contributed by atoms with Crippen molar-refractivity contribution in [1.82, 2.24) is 20.1 Å². The van der Waals surface area contributed by atoms with Gasteiger partial charge in [0.25, 0.3) is 0 Å². The van der Waals surface area contributed by atoms with Crippen LogP contribution in [0.1, 0.15) is 17.0 Å². The van der Waals surface area contributed by atoms with Crippen molar-refractivity contribution in [1.29, 1.82) is 0 Å². The van der Waals surface area contributed by atoms with E-state index in [0.717, 1.165) is 28.1 Å². The van der Waals surface area contributed by atoms with E-state index >= 15 is 0 Å². The predicted octanol–water partition coefficient (Wildman–Crippen LogP) is 4.56. The van der Waals surface area contributed by atoms with Gasteiger partial charge in [0.05, 0.1) is 17.0 Å². The summed E-state index contributed by atoms with van der Waals surface area (Å²) >= 11 is 0. The number of rotatable bonds is 5. The number of aryl methyl sites for hydroxylation is 2. The molecule has 3 heterocycles. The lowest BCUT2D eigenvalue weighted by molar-refractivity contribution is 0.427. The second-order valence-electron chi connectivity index (χ2n) is 6.41. The van der Waals surface area contributed by atoms with Gasteiger partial charge in [-0.05, 0) is 43.7 Å². The fourth-order valence-corrected chi connectivity index (χ4v) is 2.91. The Kier molecular flexibility index (Phi) is 4.80. The molecule has 1 N–H and O–H groups in total. The van der Waals surface area contributed by atoms with Gasteiger partial charge in [0.2, 0.25) is 5.95 Å². The van der Waals surface area contributed by atoms with Gasteiger partial charge >= 0.3 is 0 Å². The smallest absolute Gasteiger partial charge is 0.223 e. The maximum Gasteiger partial charge on any atom is 0.223 e. The zero-order valence-electron chi connectivity index (χ0n) is 15.5. The molecule has 4 rings (SSSR count). The highest BCUT2D eigenvalue weighted by molar-refractivity contribution is 5.79. The van der Waals surface area contributed by atoms with Gasteiger partial charge in [-0.1, -0.05) is 17.3 Å². The maximum atomic E-state index is 13.4. The Morgan fingerprint density at radius 1 is 1.04 bits per heavy atom. The first kappa shape index (κ1) is 17.8. The second kappa shape index (κ2) is 7.56. The third-order valence-corrected chi connectivity index (χ3v) is 4.28. The molecule has 0 saturated carbocycles. The Hall–Kier alpha value is -3.61. The van der Waals surface area contributed by atoms with Gasteiger partial charge in [0, 0.05) is 36.3 Å². The summed E-state index contributed by atoms with van der Waals surface area (Å²) in [6.45, 7) is 4.19. The van der Waals surface area contributed by atoms with Crippen molar-refractivity contribution in [3.63, 3.8) is 0 Å². The fraction of sp³-hybridized carbons (Fsp3) is 0.143. The van der Waals surface area contributed by atoms with Crippen molar-refractivity contribution in [2.75, 3.05) is 5.32 Å². The standard InChI is InChI=1S/C21H18FN5O/c1-13-9-19(28-27-13)18-12-25-21(24-11-15-5-3-6-16(22)10-15)26-20(18)17-7-4-8-23-14(17)2/h3-10,12H,11H2,1-2H3,(H,24,25,26). The summed E-state index contributed by atoms with van der Waals surface area (Å²) < 4.78 is 18.8. The Bertz CT molecular complexity index is 1130. The van der Waals surface area contributed by atoms with Gasteiger partial charge in [-0.2, -0.15) is 0 Å².